The average Bonchev–Trinajstić information content (AvgIpc) is 3.33. The van der Waals surface area contributed by atoms with Gasteiger partial charge in [-0.2, -0.15) is 0 Å². The quantitative estimate of drug-likeness (QED) is 0.629. The van der Waals surface area contributed by atoms with E-state index < -0.39 is 0 Å². The Kier molecular flexibility index (Phi) is 4.67. The van der Waals surface area contributed by atoms with Crippen molar-refractivity contribution in [2.24, 2.45) is 0 Å². The minimum atomic E-state index is -0.182. The van der Waals surface area contributed by atoms with E-state index in [2.05, 4.69) is 10.6 Å². The van der Waals surface area contributed by atoms with E-state index in [0.717, 1.165) is 33.7 Å². The van der Waals surface area contributed by atoms with E-state index in [-0.39, 0.29) is 18.2 Å². The van der Waals surface area contributed by atoms with Gasteiger partial charge < -0.3 is 20.1 Å². The summed E-state index contributed by atoms with van der Waals surface area (Å²) in [4.78, 5) is 25.2. The predicted molar refractivity (Wildman–Crippen MR) is 118 cm³/mol. The number of ether oxygens (including phenoxy) is 2. The van der Waals surface area contributed by atoms with E-state index in [9.17, 15) is 9.59 Å². The van der Waals surface area contributed by atoms with Crippen LogP contribution < -0.4 is 15.4 Å². The SMILES string of the molecule is COc1ccc(CC(=O)Nc2ccc3c(c2)/C(=C2/C(=O)Nc4ccccc42)OC3)cc1. The smallest absolute Gasteiger partial charge is 0.260 e. The second-order valence-electron chi connectivity index (χ2n) is 7.44. The summed E-state index contributed by atoms with van der Waals surface area (Å²) in [7, 11) is 1.61. The number of anilines is 2. The van der Waals surface area contributed by atoms with Crippen LogP contribution in [0.2, 0.25) is 0 Å². The second kappa shape index (κ2) is 7.65. The number of benzene rings is 3. The molecule has 0 fully saturated rings. The summed E-state index contributed by atoms with van der Waals surface area (Å²) in [5.74, 6) is 0.991. The third kappa shape index (κ3) is 3.53. The Morgan fingerprint density at radius 1 is 1.06 bits per heavy atom. The van der Waals surface area contributed by atoms with E-state index in [1.807, 2.05) is 66.7 Å². The van der Waals surface area contributed by atoms with Gasteiger partial charge in [0.15, 0.2) is 0 Å². The fourth-order valence-corrected chi connectivity index (χ4v) is 3.90. The van der Waals surface area contributed by atoms with Crippen molar-refractivity contribution in [1.29, 1.82) is 0 Å². The van der Waals surface area contributed by atoms with Gasteiger partial charge in [-0.3, -0.25) is 9.59 Å². The molecule has 0 aromatic heterocycles. The maximum absolute atomic E-state index is 12.6. The van der Waals surface area contributed by atoms with Crippen molar-refractivity contribution >= 4 is 34.5 Å². The first-order chi connectivity index (χ1) is 15.1. The highest BCUT2D eigenvalue weighted by molar-refractivity contribution is 6.36. The summed E-state index contributed by atoms with van der Waals surface area (Å²) < 4.78 is 11.1. The Morgan fingerprint density at radius 3 is 2.68 bits per heavy atom. The van der Waals surface area contributed by atoms with E-state index in [1.54, 1.807) is 7.11 Å². The van der Waals surface area contributed by atoms with E-state index in [0.29, 0.717) is 23.6 Å². The topological polar surface area (TPSA) is 76.7 Å². The number of carbonyl (C=O) groups excluding carboxylic acids is 2. The summed E-state index contributed by atoms with van der Waals surface area (Å²) in [6.07, 6.45) is 0.251. The number of methoxy groups -OCH3 is 1. The van der Waals surface area contributed by atoms with E-state index >= 15 is 0 Å². The molecule has 2 N–H and O–H groups in total. The molecule has 0 atom stereocenters. The molecule has 154 valence electrons. The lowest BCUT2D eigenvalue weighted by molar-refractivity contribution is -0.115. The normalized spacial score (nSPS) is 16.2. The molecule has 3 aromatic rings. The highest BCUT2D eigenvalue weighted by atomic mass is 16.5. The van der Waals surface area contributed by atoms with E-state index in [4.69, 9.17) is 9.47 Å². The van der Waals surface area contributed by atoms with E-state index in [1.165, 1.54) is 0 Å². The van der Waals surface area contributed by atoms with Gasteiger partial charge in [0.05, 0.1) is 19.1 Å². The van der Waals surface area contributed by atoms with Gasteiger partial charge in [0.2, 0.25) is 5.91 Å². The minimum absolute atomic E-state index is 0.123. The number of fused-ring (bicyclic) bond motifs is 2. The van der Waals surface area contributed by atoms with Gasteiger partial charge in [0.1, 0.15) is 18.1 Å². The maximum atomic E-state index is 12.6. The predicted octanol–water partition coefficient (Wildman–Crippen LogP) is 4.23. The Hall–Kier alpha value is -4.06. The average molecular weight is 412 g/mol. The van der Waals surface area contributed by atoms with Crippen molar-refractivity contribution in [1.82, 2.24) is 0 Å². The molecule has 0 saturated carbocycles. The number of rotatable bonds is 4. The van der Waals surface area contributed by atoms with Gasteiger partial charge >= 0.3 is 0 Å². The summed E-state index contributed by atoms with van der Waals surface area (Å²) in [6.45, 7) is 0.393. The summed E-state index contributed by atoms with van der Waals surface area (Å²) in [5.41, 5.74) is 5.48. The van der Waals surface area contributed by atoms with Crippen molar-refractivity contribution in [2.45, 2.75) is 13.0 Å². The van der Waals surface area contributed by atoms with Gasteiger partial charge in [0.25, 0.3) is 5.91 Å². The Bertz CT molecular complexity index is 1230. The lowest BCUT2D eigenvalue weighted by atomic mass is 10.00. The summed E-state index contributed by atoms with van der Waals surface area (Å²) in [5, 5.41) is 5.82. The Balaban J connectivity index is 1.41. The highest BCUT2D eigenvalue weighted by Gasteiger charge is 2.32. The first kappa shape index (κ1) is 18.9. The Morgan fingerprint density at radius 2 is 1.87 bits per heavy atom. The third-order valence-electron chi connectivity index (χ3n) is 5.43. The summed E-state index contributed by atoms with van der Waals surface area (Å²) >= 11 is 0. The summed E-state index contributed by atoms with van der Waals surface area (Å²) in [6, 6.07) is 20.6. The van der Waals surface area contributed by atoms with Crippen LogP contribution >= 0.6 is 0 Å². The molecular weight excluding hydrogens is 392 g/mol. The van der Waals surface area contributed by atoms with Crippen LogP contribution in [0.25, 0.3) is 11.3 Å². The van der Waals surface area contributed by atoms with Gasteiger partial charge in [-0.15, -0.1) is 0 Å². The monoisotopic (exact) mass is 412 g/mol. The van der Waals surface area contributed by atoms with Crippen molar-refractivity contribution in [3.05, 3.63) is 89.0 Å². The lowest BCUT2D eigenvalue weighted by Gasteiger charge is -2.09. The van der Waals surface area contributed by atoms with Crippen molar-refractivity contribution in [3.63, 3.8) is 0 Å². The number of nitrogens with one attached hydrogen (secondary N) is 2. The first-order valence-electron chi connectivity index (χ1n) is 9.96. The van der Waals surface area contributed by atoms with Crippen molar-refractivity contribution < 1.29 is 19.1 Å². The van der Waals surface area contributed by atoms with Crippen LogP contribution in [0.4, 0.5) is 11.4 Å². The van der Waals surface area contributed by atoms with Crippen LogP contribution in [-0.2, 0) is 27.4 Å². The molecule has 2 aliphatic rings. The zero-order valence-electron chi connectivity index (χ0n) is 16.9. The third-order valence-corrected chi connectivity index (χ3v) is 5.43. The van der Waals surface area contributed by atoms with Crippen LogP contribution in [-0.4, -0.2) is 18.9 Å². The standard InChI is InChI=1S/C25H20N2O4/c1-30-18-10-6-15(7-11-18)12-22(28)26-17-9-8-16-14-31-24(20(16)13-17)23-19-4-2-3-5-21(19)27-25(23)29/h2-11,13H,12,14H2,1H3,(H,26,28)(H,27,29)/b24-23-. The fraction of sp³-hybridized carbons (Fsp3) is 0.120. The fourth-order valence-electron chi connectivity index (χ4n) is 3.90. The molecule has 0 bridgehead atoms. The number of hydrogen-bond acceptors (Lipinski definition) is 4. The molecule has 6 nitrogen and oxygen atoms in total. The van der Waals surface area contributed by atoms with Crippen molar-refractivity contribution in [3.8, 4) is 5.75 Å². The number of carbonyl (C=O) groups is 2. The van der Waals surface area contributed by atoms with Gasteiger partial charge in [-0.1, -0.05) is 36.4 Å². The maximum Gasteiger partial charge on any atom is 0.260 e. The molecule has 5 rings (SSSR count). The van der Waals surface area contributed by atoms with Crippen LogP contribution in [0.5, 0.6) is 5.75 Å². The van der Waals surface area contributed by atoms with Crippen LogP contribution in [0, 0.1) is 0 Å². The molecular formula is C25H20N2O4. The molecule has 0 radical (unpaired) electrons. The van der Waals surface area contributed by atoms with Crippen molar-refractivity contribution in [2.75, 3.05) is 17.7 Å². The number of para-hydroxylation sites is 1. The minimum Gasteiger partial charge on any atom is -0.497 e. The molecule has 0 spiro atoms. The lowest BCUT2D eigenvalue weighted by Crippen LogP contribution is -2.14. The molecule has 31 heavy (non-hydrogen) atoms. The van der Waals surface area contributed by atoms with Crippen LogP contribution in [0.3, 0.4) is 0 Å². The molecule has 6 heteroatoms. The molecule has 0 unspecified atom stereocenters. The van der Waals surface area contributed by atoms with Gasteiger partial charge in [-0.25, -0.2) is 0 Å². The van der Waals surface area contributed by atoms with Crippen LogP contribution in [0.1, 0.15) is 22.3 Å². The van der Waals surface area contributed by atoms with Gasteiger partial charge in [0, 0.05) is 28.1 Å². The molecule has 0 aliphatic carbocycles. The molecule has 2 aliphatic heterocycles. The highest BCUT2D eigenvalue weighted by Crippen LogP contribution is 2.42. The zero-order chi connectivity index (χ0) is 21.4. The largest absolute Gasteiger partial charge is 0.497 e. The second-order valence-corrected chi connectivity index (χ2v) is 7.44. The number of amides is 2. The molecule has 2 heterocycles. The number of hydrogen-bond donors (Lipinski definition) is 2. The van der Waals surface area contributed by atoms with Gasteiger partial charge in [-0.05, 0) is 35.9 Å². The zero-order valence-corrected chi connectivity index (χ0v) is 16.9. The molecule has 2 amide bonds. The Labute approximate surface area is 179 Å². The molecule has 0 saturated heterocycles. The van der Waals surface area contributed by atoms with Crippen LogP contribution in [0.15, 0.2) is 66.7 Å². The first-order valence-corrected chi connectivity index (χ1v) is 9.96. The molecule has 3 aromatic carbocycles.